The van der Waals surface area contributed by atoms with Gasteiger partial charge >= 0.3 is 11.9 Å². The van der Waals surface area contributed by atoms with Gasteiger partial charge in [-0.2, -0.15) is 0 Å². The molecule has 0 atom stereocenters. The summed E-state index contributed by atoms with van der Waals surface area (Å²) in [7, 11) is 2.91. The highest BCUT2D eigenvalue weighted by Crippen LogP contribution is 2.32. The Hall–Kier alpha value is -4.24. The topological polar surface area (TPSA) is 143 Å². The third-order valence-electron chi connectivity index (χ3n) is 5.20. The highest BCUT2D eigenvalue weighted by Gasteiger charge is 2.43. The standard InChI is InChI=1S/C26H28N2O9S/c1-6-36-24(30)26(3,25(31)37-7-2)13-8-14-38-22-12-9-17(28(32)33)15-19(22)23(29)27-20-11-10-18(34-4)16-21(20)35-5/h9-12,15-16H,6-7,13H2,1-5H3,(H,27,29). The van der Waals surface area contributed by atoms with E-state index in [1.807, 2.05) is 0 Å². The van der Waals surface area contributed by atoms with Crippen LogP contribution in [0.2, 0.25) is 0 Å². The molecule has 0 saturated carbocycles. The van der Waals surface area contributed by atoms with Gasteiger partial charge in [-0.3, -0.25) is 24.5 Å². The van der Waals surface area contributed by atoms with Gasteiger partial charge in [0.25, 0.3) is 11.6 Å². The molecule has 0 heterocycles. The van der Waals surface area contributed by atoms with Crippen molar-refractivity contribution in [3.63, 3.8) is 0 Å². The molecule has 0 saturated heterocycles. The van der Waals surface area contributed by atoms with E-state index in [4.69, 9.17) is 18.9 Å². The van der Waals surface area contributed by atoms with Crippen LogP contribution in [-0.4, -0.2) is 50.2 Å². The predicted molar refractivity (Wildman–Crippen MR) is 140 cm³/mol. The Morgan fingerprint density at radius 1 is 1.03 bits per heavy atom. The summed E-state index contributed by atoms with van der Waals surface area (Å²) in [5.74, 6) is 1.43. The number of nitro groups is 1. The minimum atomic E-state index is -1.64. The number of rotatable bonds is 11. The normalized spacial score (nSPS) is 10.4. The van der Waals surface area contributed by atoms with Crippen molar-refractivity contribution in [2.45, 2.75) is 32.1 Å². The van der Waals surface area contributed by atoms with Crippen LogP contribution in [0.5, 0.6) is 11.5 Å². The molecular weight excluding hydrogens is 516 g/mol. The molecule has 1 amide bonds. The fourth-order valence-electron chi connectivity index (χ4n) is 3.10. The number of carbonyl (C=O) groups excluding carboxylic acids is 3. The molecule has 0 radical (unpaired) electrons. The number of carbonyl (C=O) groups is 3. The molecule has 2 aromatic rings. The van der Waals surface area contributed by atoms with E-state index in [9.17, 15) is 24.5 Å². The molecule has 0 spiro atoms. The fourth-order valence-corrected chi connectivity index (χ4v) is 3.75. The Kier molecular flexibility index (Phi) is 11.0. The number of amides is 1. The number of nitro benzene ring substituents is 1. The van der Waals surface area contributed by atoms with E-state index in [2.05, 4.69) is 16.5 Å². The molecule has 0 aromatic heterocycles. The van der Waals surface area contributed by atoms with E-state index in [0.717, 1.165) is 17.8 Å². The Bertz CT molecular complexity index is 1250. The van der Waals surface area contributed by atoms with Crippen molar-refractivity contribution in [1.29, 1.82) is 0 Å². The van der Waals surface area contributed by atoms with E-state index in [-0.39, 0.29) is 30.9 Å². The lowest BCUT2D eigenvalue weighted by Crippen LogP contribution is -2.39. The summed E-state index contributed by atoms with van der Waals surface area (Å²) in [6.45, 7) is 4.78. The number of ether oxygens (including phenoxy) is 4. The first-order valence-corrected chi connectivity index (χ1v) is 12.2. The first-order valence-electron chi connectivity index (χ1n) is 11.4. The lowest BCUT2D eigenvalue weighted by atomic mass is 9.87. The zero-order chi connectivity index (χ0) is 28.3. The summed E-state index contributed by atoms with van der Waals surface area (Å²) in [4.78, 5) is 49.0. The second-order valence-electron chi connectivity index (χ2n) is 7.79. The number of hydrogen-bond acceptors (Lipinski definition) is 10. The molecule has 2 aromatic carbocycles. The number of hydrogen-bond donors (Lipinski definition) is 1. The molecule has 202 valence electrons. The van der Waals surface area contributed by atoms with Gasteiger partial charge in [-0.25, -0.2) is 0 Å². The van der Waals surface area contributed by atoms with Crippen molar-refractivity contribution in [1.82, 2.24) is 0 Å². The zero-order valence-electron chi connectivity index (χ0n) is 21.6. The first kappa shape index (κ1) is 30.0. The fraction of sp³-hybridized carbons (Fsp3) is 0.346. The van der Waals surface area contributed by atoms with Crippen molar-refractivity contribution in [3.8, 4) is 22.7 Å². The highest BCUT2D eigenvalue weighted by atomic mass is 32.2. The largest absolute Gasteiger partial charge is 0.497 e. The number of thioether (sulfide) groups is 1. The van der Waals surface area contributed by atoms with Crippen LogP contribution >= 0.6 is 11.8 Å². The second-order valence-corrected chi connectivity index (χ2v) is 8.64. The number of esters is 2. The molecule has 0 aliphatic heterocycles. The number of nitrogens with zero attached hydrogens (tertiary/aromatic N) is 1. The second kappa shape index (κ2) is 13.9. The van der Waals surface area contributed by atoms with Crippen LogP contribution in [0.4, 0.5) is 11.4 Å². The predicted octanol–water partition coefficient (Wildman–Crippen LogP) is 4.44. The Morgan fingerprint density at radius 2 is 1.68 bits per heavy atom. The molecule has 0 fully saturated rings. The summed E-state index contributed by atoms with van der Waals surface area (Å²) in [5, 5.41) is 16.8. The third-order valence-corrected chi connectivity index (χ3v) is 6.02. The maximum atomic E-state index is 13.1. The third kappa shape index (κ3) is 7.39. The van der Waals surface area contributed by atoms with Gasteiger partial charge in [0.1, 0.15) is 11.5 Å². The van der Waals surface area contributed by atoms with E-state index >= 15 is 0 Å². The van der Waals surface area contributed by atoms with Crippen LogP contribution in [-0.2, 0) is 19.1 Å². The maximum absolute atomic E-state index is 13.1. The van der Waals surface area contributed by atoms with Crippen LogP contribution in [0.1, 0.15) is 37.6 Å². The van der Waals surface area contributed by atoms with Crippen molar-refractivity contribution in [2.75, 3.05) is 32.8 Å². The molecule has 0 aliphatic carbocycles. The molecule has 0 bridgehead atoms. The van der Waals surface area contributed by atoms with Gasteiger partial charge in [-0.05, 0) is 56.0 Å². The van der Waals surface area contributed by atoms with E-state index in [1.165, 1.54) is 33.3 Å². The van der Waals surface area contributed by atoms with Gasteiger partial charge in [0, 0.05) is 29.5 Å². The number of nitrogens with one attached hydrogen (secondary N) is 1. The van der Waals surface area contributed by atoms with Gasteiger partial charge in [0.2, 0.25) is 0 Å². The number of anilines is 1. The van der Waals surface area contributed by atoms with Gasteiger partial charge in [0.05, 0.1) is 43.6 Å². The van der Waals surface area contributed by atoms with Crippen LogP contribution in [0.15, 0.2) is 41.3 Å². The van der Waals surface area contributed by atoms with Crippen LogP contribution in [0, 0.1) is 26.7 Å². The molecule has 0 unspecified atom stereocenters. The average molecular weight is 545 g/mol. The summed E-state index contributed by atoms with van der Waals surface area (Å²) in [6, 6.07) is 8.55. The molecule has 0 aliphatic rings. The molecule has 11 nitrogen and oxygen atoms in total. The minimum Gasteiger partial charge on any atom is -0.497 e. The van der Waals surface area contributed by atoms with E-state index < -0.39 is 28.2 Å². The van der Waals surface area contributed by atoms with Gasteiger partial charge in [-0.1, -0.05) is 5.92 Å². The number of non-ortho nitro benzene ring substituents is 1. The summed E-state index contributed by atoms with van der Waals surface area (Å²) in [5.41, 5.74) is -1.60. The minimum absolute atomic E-state index is 0.00471. The molecule has 38 heavy (non-hydrogen) atoms. The first-order chi connectivity index (χ1) is 18.1. The monoisotopic (exact) mass is 544 g/mol. The molecule has 2 rings (SSSR count). The lowest BCUT2D eigenvalue weighted by Gasteiger charge is -2.22. The van der Waals surface area contributed by atoms with Gasteiger partial charge < -0.3 is 24.3 Å². The van der Waals surface area contributed by atoms with Crippen LogP contribution in [0.25, 0.3) is 0 Å². The Morgan fingerprint density at radius 3 is 2.24 bits per heavy atom. The van der Waals surface area contributed by atoms with E-state index in [0.29, 0.717) is 22.1 Å². The summed E-state index contributed by atoms with van der Waals surface area (Å²) in [6.07, 6.45) is -0.199. The zero-order valence-corrected chi connectivity index (χ0v) is 22.4. The van der Waals surface area contributed by atoms with Crippen LogP contribution in [0.3, 0.4) is 0 Å². The van der Waals surface area contributed by atoms with E-state index in [1.54, 1.807) is 32.0 Å². The summed E-state index contributed by atoms with van der Waals surface area (Å²) >= 11 is 0.913. The average Bonchev–Trinajstić information content (AvgIpc) is 2.91. The van der Waals surface area contributed by atoms with Crippen molar-refractivity contribution in [3.05, 3.63) is 52.1 Å². The number of benzene rings is 2. The molecule has 1 N–H and O–H groups in total. The SMILES string of the molecule is CCOC(=O)C(C)(CC#CSc1ccc([N+](=O)[O-])cc1C(=O)Nc1ccc(OC)cc1OC)C(=O)OCC. The van der Waals surface area contributed by atoms with Gasteiger partial charge in [0.15, 0.2) is 5.41 Å². The van der Waals surface area contributed by atoms with Crippen LogP contribution < -0.4 is 14.8 Å². The Labute approximate surface area is 224 Å². The van der Waals surface area contributed by atoms with Crippen molar-refractivity contribution in [2.24, 2.45) is 5.41 Å². The Balaban J connectivity index is 2.35. The quantitative estimate of drug-likeness (QED) is 0.108. The molecule has 12 heteroatoms. The van der Waals surface area contributed by atoms with Gasteiger partial charge in [-0.15, -0.1) is 0 Å². The van der Waals surface area contributed by atoms with Crippen molar-refractivity contribution >= 4 is 41.0 Å². The number of methoxy groups -OCH3 is 2. The smallest absolute Gasteiger partial charge is 0.324 e. The maximum Gasteiger partial charge on any atom is 0.324 e. The molecular formula is C26H28N2O9S. The summed E-state index contributed by atoms with van der Waals surface area (Å²) < 4.78 is 20.5. The lowest BCUT2D eigenvalue weighted by molar-refractivity contribution is -0.384. The highest BCUT2D eigenvalue weighted by molar-refractivity contribution is 8.04. The van der Waals surface area contributed by atoms with Crippen molar-refractivity contribution < 1.29 is 38.3 Å².